The van der Waals surface area contributed by atoms with E-state index >= 15 is 0 Å². The number of hydrogen-bond acceptors (Lipinski definition) is 2. The zero-order chi connectivity index (χ0) is 12.8. The summed E-state index contributed by atoms with van der Waals surface area (Å²) in [5, 5.41) is 3.37. The number of pyridine rings is 1. The first-order valence-electron chi connectivity index (χ1n) is 6.18. The largest absolute Gasteiger partial charge is 0.310 e. The summed E-state index contributed by atoms with van der Waals surface area (Å²) in [7, 11) is 0. The highest BCUT2D eigenvalue weighted by Gasteiger charge is 2.13. The second-order valence-corrected chi connectivity index (χ2v) is 4.19. The van der Waals surface area contributed by atoms with E-state index in [1.807, 2.05) is 37.4 Å². The van der Waals surface area contributed by atoms with Crippen LogP contribution < -0.4 is 5.32 Å². The zero-order valence-corrected chi connectivity index (χ0v) is 10.4. The molecule has 1 atom stereocenters. The van der Waals surface area contributed by atoms with Crippen LogP contribution in [0.1, 0.15) is 24.1 Å². The third-order valence-corrected chi connectivity index (χ3v) is 2.92. The molecule has 0 spiro atoms. The van der Waals surface area contributed by atoms with E-state index in [1.165, 1.54) is 6.07 Å². The molecule has 2 nitrogen and oxygen atoms in total. The third kappa shape index (κ3) is 3.14. The lowest BCUT2D eigenvalue weighted by Gasteiger charge is -2.18. The molecular weight excluding hydrogens is 227 g/mol. The van der Waals surface area contributed by atoms with Gasteiger partial charge in [0.15, 0.2) is 0 Å². The maximum absolute atomic E-state index is 13.7. The van der Waals surface area contributed by atoms with E-state index in [0.29, 0.717) is 6.42 Å². The molecule has 18 heavy (non-hydrogen) atoms. The number of halogens is 1. The Morgan fingerprint density at radius 2 is 2.06 bits per heavy atom. The van der Waals surface area contributed by atoms with E-state index in [1.54, 1.807) is 12.3 Å². The predicted molar refractivity (Wildman–Crippen MR) is 70.8 cm³/mol. The second-order valence-electron chi connectivity index (χ2n) is 4.19. The van der Waals surface area contributed by atoms with Gasteiger partial charge in [-0.05, 0) is 36.2 Å². The minimum atomic E-state index is -0.149. The van der Waals surface area contributed by atoms with Crippen molar-refractivity contribution < 1.29 is 4.39 Å². The number of nitrogens with zero attached hydrogens (tertiary/aromatic N) is 1. The monoisotopic (exact) mass is 244 g/mol. The molecule has 0 aliphatic rings. The number of nitrogens with one attached hydrogen (secondary N) is 1. The summed E-state index contributed by atoms with van der Waals surface area (Å²) in [6.07, 6.45) is 4.20. The van der Waals surface area contributed by atoms with Crippen molar-refractivity contribution in [2.45, 2.75) is 19.4 Å². The van der Waals surface area contributed by atoms with Gasteiger partial charge in [-0.2, -0.15) is 0 Å². The predicted octanol–water partition coefficient (Wildman–Crippen LogP) is 3.11. The molecular formula is C15H17FN2. The highest BCUT2D eigenvalue weighted by molar-refractivity contribution is 5.22. The second kappa shape index (κ2) is 6.26. The van der Waals surface area contributed by atoms with E-state index in [0.717, 1.165) is 17.7 Å². The van der Waals surface area contributed by atoms with Crippen molar-refractivity contribution in [2.24, 2.45) is 0 Å². The highest BCUT2D eigenvalue weighted by Crippen LogP contribution is 2.19. The molecule has 0 saturated carbocycles. The Morgan fingerprint density at radius 1 is 1.22 bits per heavy atom. The molecule has 1 unspecified atom stereocenters. The number of benzene rings is 1. The molecule has 3 heteroatoms. The van der Waals surface area contributed by atoms with Gasteiger partial charge < -0.3 is 5.32 Å². The highest BCUT2D eigenvalue weighted by atomic mass is 19.1. The van der Waals surface area contributed by atoms with E-state index in [9.17, 15) is 4.39 Å². The molecule has 0 aliphatic carbocycles. The summed E-state index contributed by atoms with van der Waals surface area (Å²) in [5.74, 6) is -0.149. The molecule has 1 N–H and O–H groups in total. The van der Waals surface area contributed by atoms with Gasteiger partial charge in [0.2, 0.25) is 0 Å². The van der Waals surface area contributed by atoms with Crippen LogP contribution >= 0.6 is 0 Å². The maximum Gasteiger partial charge on any atom is 0.126 e. The Morgan fingerprint density at radius 3 is 2.72 bits per heavy atom. The number of aromatic nitrogens is 1. The first kappa shape index (κ1) is 12.7. The molecule has 2 aromatic rings. The smallest absolute Gasteiger partial charge is 0.126 e. The van der Waals surface area contributed by atoms with Crippen molar-refractivity contribution in [3.05, 3.63) is 65.7 Å². The van der Waals surface area contributed by atoms with Crippen LogP contribution in [0.2, 0.25) is 0 Å². The number of hydrogen-bond donors (Lipinski definition) is 1. The van der Waals surface area contributed by atoms with Crippen LogP contribution in [0, 0.1) is 5.82 Å². The van der Waals surface area contributed by atoms with Crippen LogP contribution in [-0.4, -0.2) is 11.5 Å². The van der Waals surface area contributed by atoms with Gasteiger partial charge in [0.05, 0.1) is 0 Å². The molecule has 1 aromatic carbocycles. The molecule has 1 heterocycles. The van der Waals surface area contributed by atoms with Crippen molar-refractivity contribution in [1.82, 2.24) is 10.3 Å². The maximum atomic E-state index is 13.7. The van der Waals surface area contributed by atoms with Crippen LogP contribution in [0.25, 0.3) is 0 Å². The van der Waals surface area contributed by atoms with Crippen molar-refractivity contribution in [3.63, 3.8) is 0 Å². The Balaban J connectivity index is 2.19. The molecule has 2 rings (SSSR count). The van der Waals surface area contributed by atoms with E-state index in [-0.39, 0.29) is 11.9 Å². The van der Waals surface area contributed by atoms with E-state index in [2.05, 4.69) is 10.3 Å². The van der Waals surface area contributed by atoms with Crippen molar-refractivity contribution in [3.8, 4) is 0 Å². The van der Waals surface area contributed by atoms with E-state index in [4.69, 9.17) is 0 Å². The molecule has 0 radical (unpaired) electrons. The fourth-order valence-corrected chi connectivity index (χ4v) is 2.02. The normalized spacial score (nSPS) is 12.3. The molecule has 0 fully saturated rings. The molecule has 0 saturated heterocycles. The lowest BCUT2D eigenvalue weighted by Crippen LogP contribution is -2.23. The summed E-state index contributed by atoms with van der Waals surface area (Å²) >= 11 is 0. The van der Waals surface area contributed by atoms with Crippen LogP contribution in [0.15, 0.2) is 48.8 Å². The zero-order valence-electron chi connectivity index (χ0n) is 10.4. The summed E-state index contributed by atoms with van der Waals surface area (Å²) in [5.41, 5.74) is 1.81. The summed E-state index contributed by atoms with van der Waals surface area (Å²) in [4.78, 5) is 4.12. The molecule has 0 amide bonds. The Kier molecular flexibility index (Phi) is 4.42. The average molecular weight is 244 g/mol. The first-order valence-corrected chi connectivity index (χ1v) is 6.18. The van der Waals surface area contributed by atoms with Gasteiger partial charge in [-0.1, -0.05) is 31.2 Å². The quantitative estimate of drug-likeness (QED) is 0.874. The number of rotatable bonds is 5. The van der Waals surface area contributed by atoms with Gasteiger partial charge in [0, 0.05) is 18.4 Å². The Labute approximate surface area is 107 Å². The molecule has 0 bridgehead atoms. The van der Waals surface area contributed by atoms with Gasteiger partial charge in [-0.3, -0.25) is 4.98 Å². The lowest BCUT2D eigenvalue weighted by atomic mass is 10.00. The topological polar surface area (TPSA) is 24.9 Å². The van der Waals surface area contributed by atoms with Crippen molar-refractivity contribution in [2.75, 3.05) is 6.54 Å². The van der Waals surface area contributed by atoms with Crippen molar-refractivity contribution in [1.29, 1.82) is 0 Å². The van der Waals surface area contributed by atoms with Crippen LogP contribution in [0.4, 0.5) is 4.39 Å². The lowest BCUT2D eigenvalue weighted by molar-refractivity contribution is 0.527. The van der Waals surface area contributed by atoms with Gasteiger partial charge in [0.25, 0.3) is 0 Å². The third-order valence-electron chi connectivity index (χ3n) is 2.92. The summed E-state index contributed by atoms with van der Waals surface area (Å²) in [6, 6.07) is 10.9. The fraction of sp³-hybridized carbons (Fsp3) is 0.267. The Bertz CT molecular complexity index is 485. The van der Waals surface area contributed by atoms with Crippen LogP contribution in [0.3, 0.4) is 0 Å². The van der Waals surface area contributed by atoms with Gasteiger partial charge in [-0.25, -0.2) is 4.39 Å². The van der Waals surface area contributed by atoms with Crippen molar-refractivity contribution >= 4 is 0 Å². The summed E-state index contributed by atoms with van der Waals surface area (Å²) in [6.45, 7) is 2.89. The molecule has 1 aromatic heterocycles. The van der Waals surface area contributed by atoms with Crippen LogP contribution in [-0.2, 0) is 6.42 Å². The minimum Gasteiger partial charge on any atom is -0.310 e. The number of likely N-dealkylation sites (N-methyl/N-ethyl adjacent to an activating group) is 1. The molecule has 0 aliphatic heterocycles. The Hall–Kier alpha value is -1.74. The van der Waals surface area contributed by atoms with E-state index < -0.39 is 0 Å². The fourth-order valence-electron chi connectivity index (χ4n) is 2.02. The van der Waals surface area contributed by atoms with Gasteiger partial charge in [-0.15, -0.1) is 0 Å². The minimum absolute atomic E-state index is 0.0978. The van der Waals surface area contributed by atoms with Crippen LogP contribution in [0.5, 0.6) is 0 Å². The summed E-state index contributed by atoms with van der Waals surface area (Å²) < 4.78 is 13.7. The average Bonchev–Trinajstić information content (AvgIpc) is 2.42. The molecule has 94 valence electrons. The van der Waals surface area contributed by atoms with Gasteiger partial charge >= 0.3 is 0 Å². The standard InChI is InChI=1S/C15H17FN2/c1-2-18-15(13-7-5-9-17-11-13)10-12-6-3-4-8-14(12)16/h3-9,11,15,18H,2,10H2,1H3. The SMILES string of the molecule is CCNC(Cc1ccccc1F)c1cccnc1. The van der Waals surface area contributed by atoms with Gasteiger partial charge in [0.1, 0.15) is 5.82 Å². The first-order chi connectivity index (χ1) is 8.81.